The Bertz CT molecular complexity index is 148. The molecule has 0 amide bonds. The number of carboxylic acids is 1. The van der Waals surface area contributed by atoms with Gasteiger partial charge in [-0.25, -0.2) is 4.79 Å². The second kappa shape index (κ2) is 5.96. The van der Waals surface area contributed by atoms with E-state index in [1.54, 1.807) is 13.0 Å². The lowest BCUT2D eigenvalue weighted by atomic mass is 10.1. The summed E-state index contributed by atoms with van der Waals surface area (Å²) >= 11 is 0. The molecule has 2 nitrogen and oxygen atoms in total. The van der Waals surface area contributed by atoms with Crippen molar-refractivity contribution in [2.24, 2.45) is 0 Å². The summed E-state index contributed by atoms with van der Waals surface area (Å²) in [6, 6.07) is 0. The van der Waals surface area contributed by atoms with Crippen molar-refractivity contribution >= 4 is 5.97 Å². The lowest BCUT2D eigenvalue weighted by Gasteiger charge is -1.93. The molecule has 0 fully saturated rings. The average Bonchev–Trinajstić information content (AvgIpc) is 1.97. The van der Waals surface area contributed by atoms with Crippen LogP contribution in [-0.2, 0) is 4.79 Å². The molecular weight excluding hydrogens is 140 g/mol. The molecule has 0 aliphatic heterocycles. The number of aliphatic carboxylic acids is 1. The van der Waals surface area contributed by atoms with E-state index in [4.69, 9.17) is 5.11 Å². The van der Waals surface area contributed by atoms with Gasteiger partial charge in [0.05, 0.1) is 0 Å². The number of allylic oxidation sites excluding steroid dienone is 1. The Balaban J connectivity index is 3.48. The van der Waals surface area contributed by atoms with E-state index in [1.165, 1.54) is 12.8 Å². The first kappa shape index (κ1) is 10.2. The third-order valence-electron chi connectivity index (χ3n) is 1.60. The van der Waals surface area contributed by atoms with Crippen LogP contribution in [0.15, 0.2) is 11.6 Å². The van der Waals surface area contributed by atoms with Crippen LogP contribution < -0.4 is 0 Å². The Morgan fingerprint density at radius 2 is 2.09 bits per heavy atom. The Kier molecular flexibility index (Phi) is 5.53. The quantitative estimate of drug-likeness (QED) is 0.490. The van der Waals surface area contributed by atoms with Gasteiger partial charge in [-0.05, 0) is 19.8 Å². The molecule has 0 aliphatic carbocycles. The second-order valence-corrected chi connectivity index (χ2v) is 2.69. The number of unbranched alkanes of at least 4 members (excludes halogenated alkanes) is 3. The van der Waals surface area contributed by atoms with Gasteiger partial charge in [0.2, 0.25) is 0 Å². The number of hydrogen-bond donors (Lipinski definition) is 1. The number of carbonyl (C=O) groups is 1. The Labute approximate surface area is 67.9 Å². The van der Waals surface area contributed by atoms with Crippen LogP contribution in [-0.4, -0.2) is 11.1 Å². The van der Waals surface area contributed by atoms with Crippen LogP contribution in [0.5, 0.6) is 0 Å². The average molecular weight is 156 g/mol. The van der Waals surface area contributed by atoms with E-state index in [0.717, 1.165) is 12.8 Å². The highest BCUT2D eigenvalue weighted by atomic mass is 16.4. The highest BCUT2D eigenvalue weighted by molar-refractivity contribution is 5.85. The van der Waals surface area contributed by atoms with Gasteiger partial charge >= 0.3 is 5.97 Å². The first-order valence-corrected chi connectivity index (χ1v) is 4.08. The molecule has 0 bridgehead atoms. The lowest BCUT2D eigenvalue weighted by molar-refractivity contribution is -0.132. The molecule has 0 spiro atoms. The molecule has 1 N–H and O–H groups in total. The van der Waals surface area contributed by atoms with Gasteiger partial charge in [0, 0.05) is 5.57 Å². The molecule has 0 atom stereocenters. The Morgan fingerprint density at radius 3 is 2.55 bits per heavy atom. The summed E-state index contributed by atoms with van der Waals surface area (Å²) in [6.45, 7) is 3.77. The predicted molar refractivity (Wildman–Crippen MR) is 45.5 cm³/mol. The molecular formula is C9H16O2. The van der Waals surface area contributed by atoms with Crippen LogP contribution in [0, 0.1) is 0 Å². The summed E-state index contributed by atoms with van der Waals surface area (Å²) < 4.78 is 0. The van der Waals surface area contributed by atoms with Crippen LogP contribution in [0.2, 0.25) is 0 Å². The van der Waals surface area contributed by atoms with Crippen molar-refractivity contribution in [3.63, 3.8) is 0 Å². The largest absolute Gasteiger partial charge is 0.478 e. The molecule has 0 radical (unpaired) electrons. The van der Waals surface area contributed by atoms with Crippen molar-refractivity contribution in [2.45, 2.75) is 39.5 Å². The molecule has 0 aliphatic rings. The molecule has 11 heavy (non-hydrogen) atoms. The standard InChI is InChI=1S/C9H16O2/c1-3-4-5-6-7-8(2)9(10)11/h7H,3-6H2,1-2H3,(H,10,11). The molecule has 64 valence electrons. The third-order valence-corrected chi connectivity index (χ3v) is 1.60. The number of rotatable bonds is 5. The van der Waals surface area contributed by atoms with Gasteiger partial charge in [0.1, 0.15) is 0 Å². The van der Waals surface area contributed by atoms with Crippen LogP contribution in [0.1, 0.15) is 39.5 Å². The van der Waals surface area contributed by atoms with Crippen molar-refractivity contribution in [1.29, 1.82) is 0 Å². The summed E-state index contributed by atoms with van der Waals surface area (Å²) in [5, 5.41) is 8.47. The van der Waals surface area contributed by atoms with E-state index in [0.29, 0.717) is 5.57 Å². The first-order chi connectivity index (χ1) is 5.18. The van der Waals surface area contributed by atoms with Gasteiger partial charge in [-0.15, -0.1) is 0 Å². The second-order valence-electron chi connectivity index (χ2n) is 2.69. The topological polar surface area (TPSA) is 37.3 Å². The van der Waals surface area contributed by atoms with Gasteiger partial charge < -0.3 is 5.11 Å². The van der Waals surface area contributed by atoms with Crippen LogP contribution in [0.4, 0.5) is 0 Å². The maximum atomic E-state index is 10.3. The fourth-order valence-corrected chi connectivity index (χ4v) is 0.800. The minimum Gasteiger partial charge on any atom is -0.478 e. The minimum atomic E-state index is -0.804. The van der Waals surface area contributed by atoms with Crippen molar-refractivity contribution in [3.05, 3.63) is 11.6 Å². The van der Waals surface area contributed by atoms with Gasteiger partial charge in [-0.2, -0.15) is 0 Å². The van der Waals surface area contributed by atoms with Crippen LogP contribution >= 0.6 is 0 Å². The summed E-state index contributed by atoms with van der Waals surface area (Å²) in [5.41, 5.74) is 0.459. The molecule has 2 heteroatoms. The zero-order chi connectivity index (χ0) is 8.69. The summed E-state index contributed by atoms with van der Waals surface area (Å²) in [4.78, 5) is 10.3. The highest BCUT2D eigenvalue weighted by Crippen LogP contribution is 2.02. The summed E-state index contributed by atoms with van der Waals surface area (Å²) in [5.74, 6) is -0.804. The lowest BCUT2D eigenvalue weighted by Crippen LogP contribution is -1.95. The van der Waals surface area contributed by atoms with Gasteiger partial charge in [0.25, 0.3) is 0 Å². The predicted octanol–water partition coefficient (Wildman–Crippen LogP) is 2.60. The van der Waals surface area contributed by atoms with Crippen molar-refractivity contribution in [2.75, 3.05) is 0 Å². The number of hydrogen-bond acceptors (Lipinski definition) is 1. The van der Waals surface area contributed by atoms with Gasteiger partial charge in [-0.1, -0.05) is 25.8 Å². The zero-order valence-electron chi connectivity index (χ0n) is 7.26. The van der Waals surface area contributed by atoms with Crippen molar-refractivity contribution in [1.82, 2.24) is 0 Å². The number of carboxylic acid groups (broad SMARTS) is 1. The van der Waals surface area contributed by atoms with E-state index < -0.39 is 5.97 Å². The Hall–Kier alpha value is -0.790. The van der Waals surface area contributed by atoms with E-state index in [9.17, 15) is 4.79 Å². The molecule has 0 aromatic rings. The third kappa shape index (κ3) is 5.64. The monoisotopic (exact) mass is 156 g/mol. The SMILES string of the molecule is CCCCCC=C(C)C(=O)O. The first-order valence-electron chi connectivity index (χ1n) is 4.08. The molecule has 0 saturated heterocycles. The molecule has 0 aromatic carbocycles. The highest BCUT2D eigenvalue weighted by Gasteiger charge is 1.96. The maximum Gasteiger partial charge on any atom is 0.330 e. The van der Waals surface area contributed by atoms with Gasteiger partial charge in [0.15, 0.2) is 0 Å². The molecule has 0 aromatic heterocycles. The van der Waals surface area contributed by atoms with E-state index >= 15 is 0 Å². The van der Waals surface area contributed by atoms with Crippen molar-refractivity contribution < 1.29 is 9.90 Å². The fraction of sp³-hybridized carbons (Fsp3) is 0.667. The van der Waals surface area contributed by atoms with Crippen LogP contribution in [0.3, 0.4) is 0 Å². The Morgan fingerprint density at radius 1 is 1.45 bits per heavy atom. The minimum absolute atomic E-state index is 0.459. The normalized spacial score (nSPS) is 11.6. The van der Waals surface area contributed by atoms with E-state index in [1.807, 2.05) is 0 Å². The zero-order valence-corrected chi connectivity index (χ0v) is 7.26. The maximum absolute atomic E-state index is 10.3. The summed E-state index contributed by atoms with van der Waals surface area (Å²) in [6.07, 6.45) is 6.15. The van der Waals surface area contributed by atoms with E-state index in [2.05, 4.69) is 6.92 Å². The fourth-order valence-electron chi connectivity index (χ4n) is 0.800. The molecule has 0 saturated carbocycles. The summed E-state index contributed by atoms with van der Waals surface area (Å²) in [7, 11) is 0. The molecule has 0 rings (SSSR count). The van der Waals surface area contributed by atoms with Crippen molar-refractivity contribution in [3.8, 4) is 0 Å². The molecule has 0 unspecified atom stereocenters. The van der Waals surface area contributed by atoms with E-state index in [-0.39, 0.29) is 0 Å². The molecule has 0 heterocycles. The van der Waals surface area contributed by atoms with Gasteiger partial charge in [-0.3, -0.25) is 0 Å². The van der Waals surface area contributed by atoms with Crippen LogP contribution in [0.25, 0.3) is 0 Å². The smallest absolute Gasteiger partial charge is 0.330 e.